The molecule has 3 rings (SSSR count). The van der Waals surface area contributed by atoms with Crippen LogP contribution in [0, 0.1) is 4.91 Å². The van der Waals surface area contributed by atoms with Crippen molar-refractivity contribution >= 4 is 27.5 Å². The Balaban J connectivity index is 1.87. The molecule has 2 aromatic rings. The zero-order valence-corrected chi connectivity index (χ0v) is 16.5. The summed E-state index contributed by atoms with van der Waals surface area (Å²) < 4.78 is 6.78. The summed E-state index contributed by atoms with van der Waals surface area (Å²) in [5, 5.41) is 5.45. The monoisotopic (exact) mass is 422 g/mol. The van der Waals surface area contributed by atoms with Gasteiger partial charge in [0.05, 0.1) is 21.9 Å². The van der Waals surface area contributed by atoms with E-state index in [1.807, 2.05) is 56.3 Å². The third kappa shape index (κ3) is 3.82. The van der Waals surface area contributed by atoms with E-state index in [0.29, 0.717) is 17.4 Å². The van der Waals surface area contributed by atoms with Crippen molar-refractivity contribution in [3.8, 4) is 5.75 Å². The van der Waals surface area contributed by atoms with Crippen LogP contribution in [0.3, 0.4) is 0 Å². The highest BCUT2D eigenvalue weighted by Crippen LogP contribution is 2.46. The van der Waals surface area contributed by atoms with Crippen LogP contribution >= 0.6 is 27.5 Å². The van der Waals surface area contributed by atoms with Crippen LogP contribution in [0.5, 0.6) is 5.75 Å². The molecule has 0 amide bonds. The topological polar surface area (TPSA) is 41.9 Å². The van der Waals surface area contributed by atoms with E-state index in [1.165, 1.54) is 0 Å². The zero-order valence-electron chi connectivity index (χ0n) is 14.2. The third-order valence-corrected chi connectivity index (χ3v) is 5.66. The van der Waals surface area contributed by atoms with Gasteiger partial charge in [0.15, 0.2) is 0 Å². The Labute approximate surface area is 161 Å². The van der Waals surface area contributed by atoms with Gasteiger partial charge in [-0.1, -0.05) is 57.9 Å². The first kappa shape index (κ1) is 18.2. The van der Waals surface area contributed by atoms with Gasteiger partial charge in [0.2, 0.25) is 0 Å². The average molecular weight is 424 g/mol. The van der Waals surface area contributed by atoms with Gasteiger partial charge in [-0.25, -0.2) is 5.01 Å². The van der Waals surface area contributed by atoms with Crippen LogP contribution in [0.4, 0.5) is 0 Å². The van der Waals surface area contributed by atoms with E-state index < -0.39 is 0 Å². The summed E-state index contributed by atoms with van der Waals surface area (Å²) in [6, 6.07) is 13.6. The van der Waals surface area contributed by atoms with Gasteiger partial charge >= 0.3 is 0 Å². The molecule has 1 fully saturated rings. The molecule has 132 valence electrons. The minimum absolute atomic E-state index is 0.0850. The van der Waals surface area contributed by atoms with Crippen LogP contribution in [0.25, 0.3) is 0 Å². The van der Waals surface area contributed by atoms with E-state index in [-0.39, 0.29) is 11.6 Å². The standard InChI is InChI=1S/C19H20BrClN2O2/c1-19(2)9-8-17(23(19)22-24)14-10-18(16(21)11-15(14)20)25-12-13-6-4-3-5-7-13/h3-7,10-11,17H,8-9,12H2,1-2H3/t17-/m0/s1. The molecule has 0 unspecified atom stereocenters. The molecule has 25 heavy (non-hydrogen) atoms. The largest absolute Gasteiger partial charge is 0.487 e. The van der Waals surface area contributed by atoms with Crippen molar-refractivity contribution < 1.29 is 4.74 Å². The Morgan fingerprint density at radius 3 is 2.72 bits per heavy atom. The van der Waals surface area contributed by atoms with E-state index >= 15 is 0 Å². The molecule has 0 saturated carbocycles. The Kier molecular flexibility index (Phi) is 5.35. The first-order chi connectivity index (χ1) is 11.9. The highest BCUT2D eigenvalue weighted by atomic mass is 79.9. The first-order valence-corrected chi connectivity index (χ1v) is 9.38. The molecule has 6 heteroatoms. The molecule has 0 bridgehead atoms. The summed E-state index contributed by atoms with van der Waals surface area (Å²) >= 11 is 9.92. The lowest BCUT2D eigenvalue weighted by molar-refractivity contribution is 0.132. The summed E-state index contributed by atoms with van der Waals surface area (Å²) in [7, 11) is 0. The molecule has 0 aliphatic carbocycles. The number of nitrogens with zero attached hydrogens (tertiary/aromatic N) is 2. The third-order valence-electron chi connectivity index (χ3n) is 4.68. The maximum Gasteiger partial charge on any atom is 0.138 e. The van der Waals surface area contributed by atoms with E-state index in [9.17, 15) is 4.91 Å². The van der Waals surface area contributed by atoms with Crippen molar-refractivity contribution in [2.45, 2.75) is 44.9 Å². The second-order valence-corrected chi connectivity index (χ2v) is 8.13. The maximum atomic E-state index is 11.4. The normalized spacial score (nSPS) is 19.0. The predicted octanol–water partition coefficient (Wildman–Crippen LogP) is 6.28. The van der Waals surface area contributed by atoms with Crippen molar-refractivity contribution in [3.63, 3.8) is 0 Å². The average Bonchev–Trinajstić information content (AvgIpc) is 2.89. The highest BCUT2D eigenvalue weighted by molar-refractivity contribution is 9.10. The fourth-order valence-electron chi connectivity index (χ4n) is 3.25. The highest BCUT2D eigenvalue weighted by Gasteiger charge is 2.41. The molecule has 1 saturated heterocycles. The van der Waals surface area contributed by atoms with Crippen LogP contribution in [0.2, 0.25) is 5.02 Å². The van der Waals surface area contributed by atoms with Crippen molar-refractivity contribution in [2.24, 2.45) is 5.29 Å². The molecule has 2 aromatic carbocycles. The van der Waals surface area contributed by atoms with Crippen LogP contribution in [-0.4, -0.2) is 10.5 Å². The minimum Gasteiger partial charge on any atom is -0.487 e. The lowest BCUT2D eigenvalue weighted by Crippen LogP contribution is -2.35. The predicted molar refractivity (Wildman–Crippen MR) is 104 cm³/mol. The fourth-order valence-corrected chi connectivity index (χ4v) is 4.21. The minimum atomic E-state index is -0.253. The Bertz CT molecular complexity index is 768. The molecule has 0 N–H and O–H groups in total. The van der Waals surface area contributed by atoms with Gasteiger partial charge in [0.25, 0.3) is 0 Å². The zero-order chi connectivity index (χ0) is 18.0. The molecule has 1 atom stereocenters. The molecule has 0 spiro atoms. The Morgan fingerprint density at radius 1 is 1.32 bits per heavy atom. The summed E-state index contributed by atoms with van der Waals surface area (Å²) in [6.45, 7) is 4.50. The van der Waals surface area contributed by atoms with Crippen LogP contribution < -0.4 is 4.74 Å². The lowest BCUT2D eigenvalue weighted by atomic mass is 10.0. The first-order valence-electron chi connectivity index (χ1n) is 8.20. The number of benzene rings is 2. The molecule has 4 nitrogen and oxygen atoms in total. The summed E-state index contributed by atoms with van der Waals surface area (Å²) in [4.78, 5) is 11.4. The number of nitroso groups, excluding NO2 is 1. The molecular weight excluding hydrogens is 404 g/mol. The molecule has 1 aliphatic rings. The number of halogens is 2. The number of hydrogen-bond donors (Lipinski definition) is 0. The number of ether oxygens (including phenoxy) is 1. The number of rotatable bonds is 5. The van der Waals surface area contributed by atoms with Crippen molar-refractivity contribution in [1.29, 1.82) is 0 Å². The fraction of sp³-hybridized carbons (Fsp3) is 0.368. The molecule has 0 aromatic heterocycles. The van der Waals surface area contributed by atoms with Gasteiger partial charge < -0.3 is 4.74 Å². The van der Waals surface area contributed by atoms with E-state index in [4.69, 9.17) is 16.3 Å². The van der Waals surface area contributed by atoms with Gasteiger partial charge in [0.1, 0.15) is 12.4 Å². The van der Waals surface area contributed by atoms with Crippen LogP contribution in [0.15, 0.2) is 52.2 Å². The summed E-state index contributed by atoms with van der Waals surface area (Å²) in [6.07, 6.45) is 1.76. The molecule has 0 radical (unpaired) electrons. The second-order valence-electron chi connectivity index (χ2n) is 6.87. The quantitative estimate of drug-likeness (QED) is 0.532. The van der Waals surface area contributed by atoms with Crippen molar-refractivity contribution in [1.82, 2.24) is 5.01 Å². The van der Waals surface area contributed by atoms with Gasteiger partial charge in [0, 0.05) is 4.47 Å². The van der Waals surface area contributed by atoms with Gasteiger partial charge in [-0.05, 0) is 49.9 Å². The molecule has 1 heterocycles. The van der Waals surface area contributed by atoms with Crippen LogP contribution in [-0.2, 0) is 6.61 Å². The smallest absolute Gasteiger partial charge is 0.138 e. The number of hydrogen-bond acceptors (Lipinski definition) is 3. The van der Waals surface area contributed by atoms with E-state index in [1.54, 1.807) is 5.01 Å². The molecule has 1 aliphatic heterocycles. The van der Waals surface area contributed by atoms with Gasteiger partial charge in [-0.3, -0.25) is 0 Å². The maximum absolute atomic E-state index is 11.4. The molecular formula is C19H20BrClN2O2. The van der Waals surface area contributed by atoms with Crippen LogP contribution in [0.1, 0.15) is 43.9 Å². The van der Waals surface area contributed by atoms with Crippen molar-refractivity contribution in [2.75, 3.05) is 0 Å². The van der Waals surface area contributed by atoms with Crippen molar-refractivity contribution in [3.05, 3.63) is 68.0 Å². The second kappa shape index (κ2) is 7.34. The van der Waals surface area contributed by atoms with Gasteiger partial charge in [-0.15, -0.1) is 4.91 Å². The summed E-state index contributed by atoms with van der Waals surface area (Å²) in [5.41, 5.74) is 1.79. The Morgan fingerprint density at radius 2 is 2.04 bits per heavy atom. The van der Waals surface area contributed by atoms with E-state index in [2.05, 4.69) is 21.2 Å². The lowest BCUT2D eigenvalue weighted by Gasteiger charge is -2.30. The SMILES string of the molecule is CC1(C)CC[C@@H](c2cc(OCc3ccccc3)c(Cl)cc2Br)N1N=O. The van der Waals surface area contributed by atoms with Gasteiger partial charge in [-0.2, -0.15) is 0 Å². The van der Waals surface area contributed by atoms with E-state index in [0.717, 1.165) is 28.4 Å². The Hall–Kier alpha value is -1.59. The summed E-state index contributed by atoms with van der Waals surface area (Å²) in [5.74, 6) is 0.610.